The summed E-state index contributed by atoms with van der Waals surface area (Å²) in [5.74, 6) is 0.833. The Kier molecular flexibility index (Phi) is 4.95. The van der Waals surface area contributed by atoms with Gasteiger partial charge < -0.3 is 4.74 Å². The molecule has 78 valence electrons. The van der Waals surface area contributed by atoms with Gasteiger partial charge in [0.05, 0.1) is 6.61 Å². The highest BCUT2D eigenvalue weighted by atomic mass is 16.5. The van der Waals surface area contributed by atoms with E-state index in [0.29, 0.717) is 6.61 Å². The maximum atomic E-state index is 10.1. The first-order chi connectivity index (χ1) is 7.36. The summed E-state index contributed by atoms with van der Waals surface area (Å²) in [7, 11) is 0. The number of allylic oxidation sites excluding steroid dienone is 1. The molecule has 0 unspecified atom stereocenters. The van der Waals surface area contributed by atoms with Crippen LogP contribution in [0.2, 0.25) is 0 Å². The van der Waals surface area contributed by atoms with Gasteiger partial charge in [0.1, 0.15) is 12.0 Å². The molecule has 2 nitrogen and oxygen atoms in total. The first-order valence-corrected chi connectivity index (χ1v) is 4.82. The van der Waals surface area contributed by atoms with Crippen molar-refractivity contribution in [2.45, 2.75) is 6.42 Å². The minimum atomic E-state index is 0.646. The van der Waals surface area contributed by atoms with Gasteiger partial charge in [0.25, 0.3) is 0 Å². The van der Waals surface area contributed by atoms with Crippen LogP contribution in [0.15, 0.2) is 43.0 Å². The lowest BCUT2D eigenvalue weighted by Crippen LogP contribution is -1.94. The maximum Gasteiger partial charge on any atom is 0.142 e. The van der Waals surface area contributed by atoms with Gasteiger partial charge in [0.2, 0.25) is 0 Å². The Morgan fingerprint density at radius 3 is 2.60 bits per heavy atom. The van der Waals surface area contributed by atoms with Gasteiger partial charge in [0, 0.05) is 0 Å². The van der Waals surface area contributed by atoms with Crippen molar-refractivity contribution in [2.24, 2.45) is 0 Å². The average Bonchev–Trinajstić information content (AvgIpc) is 2.28. The summed E-state index contributed by atoms with van der Waals surface area (Å²) in [5.41, 5.74) is 0.984. The molecule has 1 aromatic carbocycles. The summed E-state index contributed by atoms with van der Waals surface area (Å²) < 4.78 is 5.44. The molecule has 0 aliphatic heterocycles. The zero-order valence-corrected chi connectivity index (χ0v) is 8.56. The van der Waals surface area contributed by atoms with Crippen LogP contribution in [0.4, 0.5) is 0 Å². The fourth-order valence-electron chi connectivity index (χ4n) is 1.09. The molecule has 0 N–H and O–H groups in total. The van der Waals surface area contributed by atoms with Gasteiger partial charge in [-0.25, -0.2) is 0 Å². The van der Waals surface area contributed by atoms with Gasteiger partial charge in [-0.3, -0.25) is 4.79 Å². The number of hydrogen-bond donors (Lipinski definition) is 0. The molecule has 0 aliphatic rings. The zero-order valence-electron chi connectivity index (χ0n) is 8.56. The monoisotopic (exact) mass is 202 g/mol. The van der Waals surface area contributed by atoms with E-state index in [1.54, 1.807) is 6.08 Å². The van der Waals surface area contributed by atoms with Gasteiger partial charge >= 0.3 is 0 Å². The smallest absolute Gasteiger partial charge is 0.142 e. The quantitative estimate of drug-likeness (QED) is 0.307. The molecule has 15 heavy (non-hydrogen) atoms. The Balaban J connectivity index is 2.52. The molecular weight excluding hydrogens is 188 g/mol. The molecule has 0 saturated heterocycles. The van der Waals surface area contributed by atoms with Crippen molar-refractivity contribution in [1.82, 2.24) is 0 Å². The maximum absolute atomic E-state index is 10.1. The van der Waals surface area contributed by atoms with Gasteiger partial charge in [-0.1, -0.05) is 24.3 Å². The van der Waals surface area contributed by atoms with Crippen LogP contribution in [0.5, 0.6) is 5.75 Å². The van der Waals surface area contributed by atoms with Crippen LogP contribution in [0, 0.1) is 0 Å². The van der Waals surface area contributed by atoms with Crippen LogP contribution in [-0.4, -0.2) is 12.9 Å². The van der Waals surface area contributed by atoms with Crippen LogP contribution in [0.25, 0.3) is 6.08 Å². The fraction of sp³-hybridized carbons (Fsp3) is 0.154. The average molecular weight is 202 g/mol. The molecule has 0 heterocycles. The molecule has 0 amide bonds. The standard InChI is InChI=1S/C13H14O2/c1-2-3-11-15-13-8-6-12(7-9-13)5-4-10-14/h2,4-10H,1,3,11H2. The molecular formula is C13H14O2. The van der Waals surface area contributed by atoms with E-state index in [0.717, 1.165) is 24.0 Å². The molecule has 0 atom stereocenters. The summed E-state index contributed by atoms with van der Waals surface area (Å²) in [6.45, 7) is 4.26. The third-order valence-corrected chi connectivity index (χ3v) is 1.84. The summed E-state index contributed by atoms with van der Waals surface area (Å²) >= 11 is 0. The third-order valence-electron chi connectivity index (χ3n) is 1.84. The van der Waals surface area contributed by atoms with Crippen molar-refractivity contribution >= 4 is 12.4 Å². The van der Waals surface area contributed by atoms with E-state index < -0.39 is 0 Å². The summed E-state index contributed by atoms with van der Waals surface area (Å²) in [5, 5.41) is 0. The number of carbonyl (C=O) groups excluding carboxylic acids is 1. The van der Waals surface area contributed by atoms with Crippen LogP contribution in [-0.2, 0) is 4.79 Å². The van der Waals surface area contributed by atoms with E-state index >= 15 is 0 Å². The Morgan fingerprint density at radius 2 is 2.00 bits per heavy atom. The third kappa shape index (κ3) is 4.27. The summed E-state index contributed by atoms with van der Waals surface area (Å²) in [6, 6.07) is 7.58. The SMILES string of the molecule is C=CCCOc1ccc(C=CC=O)cc1. The van der Waals surface area contributed by atoms with E-state index in [9.17, 15) is 4.79 Å². The van der Waals surface area contributed by atoms with Crippen LogP contribution >= 0.6 is 0 Å². The van der Waals surface area contributed by atoms with Crippen molar-refractivity contribution < 1.29 is 9.53 Å². The first kappa shape index (κ1) is 11.2. The molecule has 0 radical (unpaired) electrons. The highest BCUT2D eigenvalue weighted by Gasteiger charge is 1.92. The second kappa shape index (κ2) is 6.60. The van der Waals surface area contributed by atoms with Crippen LogP contribution in [0.3, 0.4) is 0 Å². The van der Waals surface area contributed by atoms with Gasteiger partial charge in [-0.15, -0.1) is 6.58 Å². The van der Waals surface area contributed by atoms with Crippen molar-refractivity contribution in [2.75, 3.05) is 6.61 Å². The Bertz CT molecular complexity index is 336. The predicted molar refractivity (Wildman–Crippen MR) is 61.8 cm³/mol. The van der Waals surface area contributed by atoms with E-state index in [4.69, 9.17) is 4.74 Å². The number of benzene rings is 1. The molecule has 0 aromatic heterocycles. The molecule has 1 rings (SSSR count). The number of hydrogen-bond acceptors (Lipinski definition) is 2. The second-order valence-corrected chi connectivity index (χ2v) is 2.99. The molecule has 0 fully saturated rings. The fourth-order valence-corrected chi connectivity index (χ4v) is 1.09. The van der Waals surface area contributed by atoms with Gasteiger partial charge in [0.15, 0.2) is 0 Å². The van der Waals surface area contributed by atoms with Crippen LogP contribution < -0.4 is 4.74 Å². The Hall–Kier alpha value is -1.83. The van der Waals surface area contributed by atoms with E-state index in [2.05, 4.69) is 6.58 Å². The number of rotatable bonds is 6. The van der Waals surface area contributed by atoms with Gasteiger partial charge in [-0.2, -0.15) is 0 Å². The van der Waals surface area contributed by atoms with Crippen molar-refractivity contribution in [3.05, 3.63) is 48.6 Å². The highest BCUT2D eigenvalue weighted by molar-refractivity contribution is 5.73. The molecule has 1 aromatic rings. The van der Waals surface area contributed by atoms with Crippen molar-refractivity contribution in [3.63, 3.8) is 0 Å². The Labute approximate surface area is 89.9 Å². The molecule has 0 aliphatic carbocycles. The summed E-state index contributed by atoms with van der Waals surface area (Å²) in [6.07, 6.45) is 6.64. The highest BCUT2D eigenvalue weighted by Crippen LogP contribution is 2.13. The normalized spacial score (nSPS) is 10.1. The lowest BCUT2D eigenvalue weighted by molar-refractivity contribution is -0.104. The lowest BCUT2D eigenvalue weighted by atomic mass is 10.2. The molecule has 0 saturated carbocycles. The number of ether oxygens (including phenoxy) is 1. The van der Waals surface area contributed by atoms with Gasteiger partial charge in [-0.05, 0) is 30.2 Å². The van der Waals surface area contributed by atoms with Crippen LogP contribution in [0.1, 0.15) is 12.0 Å². The second-order valence-electron chi connectivity index (χ2n) is 2.99. The van der Waals surface area contributed by atoms with E-state index in [1.807, 2.05) is 30.3 Å². The molecule has 0 bridgehead atoms. The Morgan fingerprint density at radius 1 is 1.27 bits per heavy atom. The minimum Gasteiger partial charge on any atom is -0.493 e. The number of aldehydes is 1. The minimum absolute atomic E-state index is 0.646. The largest absolute Gasteiger partial charge is 0.493 e. The zero-order chi connectivity index (χ0) is 10.9. The number of carbonyl (C=O) groups is 1. The first-order valence-electron chi connectivity index (χ1n) is 4.82. The topological polar surface area (TPSA) is 26.3 Å². The predicted octanol–water partition coefficient (Wildman–Crippen LogP) is 2.85. The molecule has 2 heteroatoms. The summed E-state index contributed by atoms with van der Waals surface area (Å²) in [4.78, 5) is 10.1. The van der Waals surface area contributed by atoms with E-state index in [1.165, 1.54) is 6.08 Å². The van der Waals surface area contributed by atoms with E-state index in [-0.39, 0.29) is 0 Å². The van der Waals surface area contributed by atoms with Crippen molar-refractivity contribution in [1.29, 1.82) is 0 Å². The van der Waals surface area contributed by atoms with Crippen molar-refractivity contribution in [3.8, 4) is 5.75 Å². The molecule has 0 spiro atoms. The lowest BCUT2D eigenvalue weighted by Gasteiger charge is -2.03.